The predicted octanol–water partition coefficient (Wildman–Crippen LogP) is 7.11. The molecule has 0 amide bonds. The minimum atomic E-state index is -0.0294. The van der Waals surface area contributed by atoms with E-state index in [2.05, 4.69) is 4.98 Å². The topological polar surface area (TPSA) is 60.5 Å². The molecule has 3 nitrogen and oxygen atoms in total. The third kappa shape index (κ3) is 4.95. The van der Waals surface area contributed by atoms with Crippen molar-refractivity contribution >= 4 is 63.1 Å². The first-order chi connectivity index (χ1) is 12.4. The smallest absolute Gasteiger partial charge is 0.150 e. The van der Waals surface area contributed by atoms with Gasteiger partial charge in [0, 0.05) is 4.91 Å². The molecule has 2 aromatic rings. The summed E-state index contributed by atoms with van der Waals surface area (Å²) in [6, 6.07) is 11.3. The maximum Gasteiger partial charge on any atom is 0.150 e. The number of nitriles is 2. The van der Waals surface area contributed by atoms with E-state index in [4.69, 9.17) is 56.9 Å². The molecule has 0 aliphatic carbocycles. The SMILES string of the molecule is Cc1ccc(/C(=C/C=C(C#N)C#N)Sc2c(Cl)c(Cl)nc(Cl)c2Cl)cc1. The highest BCUT2D eigenvalue weighted by Gasteiger charge is 2.18. The van der Waals surface area contributed by atoms with Crippen LogP contribution in [0, 0.1) is 29.6 Å². The van der Waals surface area contributed by atoms with E-state index >= 15 is 0 Å². The monoisotopic (exact) mass is 439 g/mol. The summed E-state index contributed by atoms with van der Waals surface area (Å²) in [7, 11) is 0. The number of aromatic nitrogens is 1. The molecule has 1 aromatic carbocycles. The number of thioether (sulfide) groups is 1. The lowest BCUT2D eigenvalue weighted by atomic mass is 10.1. The fourth-order valence-electron chi connectivity index (χ4n) is 1.83. The number of allylic oxidation sites excluding steroid dienone is 3. The molecule has 0 saturated heterocycles. The Labute approximate surface area is 175 Å². The molecule has 0 fully saturated rings. The van der Waals surface area contributed by atoms with E-state index in [0.29, 0.717) is 9.80 Å². The second-order valence-electron chi connectivity index (χ2n) is 4.95. The fraction of sp³-hybridized carbons (Fsp3) is 0.0556. The van der Waals surface area contributed by atoms with Gasteiger partial charge in [0.15, 0.2) is 10.3 Å². The summed E-state index contributed by atoms with van der Waals surface area (Å²) in [5.41, 5.74) is 1.91. The van der Waals surface area contributed by atoms with Crippen LogP contribution in [0.15, 0.2) is 46.9 Å². The summed E-state index contributed by atoms with van der Waals surface area (Å²) in [5, 5.41) is 18.3. The van der Waals surface area contributed by atoms with Crippen LogP contribution in [0.5, 0.6) is 0 Å². The van der Waals surface area contributed by atoms with Gasteiger partial charge in [-0.3, -0.25) is 0 Å². The molecule has 26 heavy (non-hydrogen) atoms. The van der Waals surface area contributed by atoms with Gasteiger partial charge in [0.25, 0.3) is 0 Å². The molecule has 2 rings (SSSR count). The number of hydrogen-bond donors (Lipinski definition) is 0. The van der Waals surface area contributed by atoms with Crippen LogP contribution in [0.3, 0.4) is 0 Å². The quantitative estimate of drug-likeness (QED) is 0.220. The van der Waals surface area contributed by atoms with Crippen LogP contribution in [-0.4, -0.2) is 4.98 Å². The molecule has 0 atom stereocenters. The average molecular weight is 441 g/mol. The number of rotatable bonds is 4. The first-order valence-corrected chi connectivity index (χ1v) is 9.37. The van der Waals surface area contributed by atoms with Crippen molar-refractivity contribution < 1.29 is 0 Å². The van der Waals surface area contributed by atoms with Crippen LogP contribution in [0.1, 0.15) is 11.1 Å². The molecule has 130 valence electrons. The number of benzene rings is 1. The van der Waals surface area contributed by atoms with E-state index in [0.717, 1.165) is 11.1 Å². The van der Waals surface area contributed by atoms with E-state index in [1.165, 1.54) is 17.8 Å². The van der Waals surface area contributed by atoms with Crippen LogP contribution < -0.4 is 0 Å². The Kier molecular flexibility index (Phi) is 7.41. The van der Waals surface area contributed by atoms with Gasteiger partial charge in [-0.1, -0.05) is 88.0 Å². The molecular weight excluding hydrogens is 432 g/mol. The van der Waals surface area contributed by atoms with E-state index in [9.17, 15) is 0 Å². The fourth-order valence-corrected chi connectivity index (χ4v) is 3.88. The molecule has 8 heteroatoms. The maximum atomic E-state index is 8.93. The minimum absolute atomic E-state index is 0.0294. The predicted molar refractivity (Wildman–Crippen MR) is 109 cm³/mol. The average Bonchev–Trinajstić information content (AvgIpc) is 2.63. The van der Waals surface area contributed by atoms with Gasteiger partial charge < -0.3 is 0 Å². The first kappa shape index (κ1) is 20.6. The van der Waals surface area contributed by atoms with Crippen LogP contribution >= 0.6 is 58.2 Å². The van der Waals surface area contributed by atoms with E-state index in [-0.39, 0.29) is 25.9 Å². The normalized spacial score (nSPS) is 10.8. The lowest BCUT2D eigenvalue weighted by Crippen LogP contribution is -1.88. The second-order valence-corrected chi connectivity index (χ2v) is 7.48. The first-order valence-electron chi connectivity index (χ1n) is 7.04. The largest absolute Gasteiger partial charge is 0.221 e. The van der Waals surface area contributed by atoms with Crippen molar-refractivity contribution in [3.8, 4) is 12.1 Å². The number of hydrogen-bond acceptors (Lipinski definition) is 4. The Balaban J connectivity index is 2.58. The van der Waals surface area contributed by atoms with Crippen molar-refractivity contribution in [2.75, 3.05) is 0 Å². The van der Waals surface area contributed by atoms with Gasteiger partial charge in [0.1, 0.15) is 17.7 Å². The number of aryl methyl sites for hydroxylation is 1. The van der Waals surface area contributed by atoms with Gasteiger partial charge in [0.2, 0.25) is 0 Å². The maximum absolute atomic E-state index is 8.93. The summed E-state index contributed by atoms with van der Waals surface area (Å²) in [6.45, 7) is 1.97. The molecule has 1 aromatic heterocycles. The van der Waals surface area contributed by atoms with Crippen molar-refractivity contribution in [1.82, 2.24) is 4.98 Å². The standard InChI is InChI=1S/C18H9Cl4N3S/c1-10-2-5-12(6-3-10)13(7-4-11(8-23)9-24)26-16-14(19)17(21)25-18(22)15(16)20/h2-7H,1H3/b13-7-. The Morgan fingerprint density at radius 1 is 0.962 bits per heavy atom. The summed E-state index contributed by atoms with van der Waals surface area (Å²) in [5.74, 6) is 0. The number of halogens is 4. The zero-order chi connectivity index (χ0) is 19.3. The molecule has 0 radical (unpaired) electrons. The zero-order valence-electron chi connectivity index (χ0n) is 13.2. The summed E-state index contributed by atoms with van der Waals surface area (Å²) < 4.78 is 0. The van der Waals surface area contributed by atoms with Crippen molar-refractivity contribution in [1.29, 1.82) is 10.5 Å². The Morgan fingerprint density at radius 3 is 2.00 bits per heavy atom. The lowest BCUT2D eigenvalue weighted by Gasteiger charge is -2.12. The number of pyridine rings is 1. The summed E-state index contributed by atoms with van der Waals surface area (Å²) >= 11 is 25.7. The van der Waals surface area contributed by atoms with Crippen molar-refractivity contribution in [3.05, 3.63) is 73.5 Å². The van der Waals surface area contributed by atoms with Crippen LogP contribution in [0.4, 0.5) is 0 Å². The Hall–Kier alpha value is -1.66. The highest BCUT2D eigenvalue weighted by atomic mass is 35.5. The van der Waals surface area contributed by atoms with E-state index in [1.54, 1.807) is 6.08 Å². The van der Waals surface area contributed by atoms with Gasteiger partial charge in [0.05, 0.1) is 14.9 Å². The highest BCUT2D eigenvalue weighted by molar-refractivity contribution is 8.08. The third-order valence-electron chi connectivity index (χ3n) is 3.15. The molecule has 0 saturated carbocycles. The molecule has 0 spiro atoms. The van der Waals surface area contributed by atoms with Crippen molar-refractivity contribution in [2.45, 2.75) is 11.8 Å². The molecule has 0 aliphatic heterocycles. The Bertz CT molecular complexity index is 941. The summed E-state index contributed by atoms with van der Waals surface area (Å²) in [4.78, 5) is 5.00. The van der Waals surface area contributed by atoms with Crippen LogP contribution in [0.2, 0.25) is 20.4 Å². The van der Waals surface area contributed by atoms with Gasteiger partial charge in [-0.25, -0.2) is 4.98 Å². The summed E-state index contributed by atoms with van der Waals surface area (Å²) in [6.07, 6.45) is 3.07. The van der Waals surface area contributed by atoms with Crippen LogP contribution in [-0.2, 0) is 0 Å². The van der Waals surface area contributed by atoms with Crippen LogP contribution in [0.25, 0.3) is 4.91 Å². The second kappa shape index (κ2) is 9.33. The molecule has 1 heterocycles. The third-order valence-corrected chi connectivity index (χ3v) is 6.05. The van der Waals surface area contributed by atoms with Gasteiger partial charge in [-0.2, -0.15) is 10.5 Å². The Morgan fingerprint density at radius 2 is 1.50 bits per heavy atom. The van der Waals surface area contributed by atoms with Gasteiger partial charge >= 0.3 is 0 Å². The van der Waals surface area contributed by atoms with E-state index < -0.39 is 0 Å². The molecular formula is C18H9Cl4N3S. The number of nitrogens with zero attached hydrogens (tertiary/aromatic N) is 3. The van der Waals surface area contributed by atoms with Gasteiger partial charge in [-0.15, -0.1) is 0 Å². The highest BCUT2D eigenvalue weighted by Crippen LogP contribution is 2.46. The minimum Gasteiger partial charge on any atom is -0.221 e. The van der Waals surface area contributed by atoms with Crippen molar-refractivity contribution in [2.24, 2.45) is 0 Å². The van der Waals surface area contributed by atoms with Gasteiger partial charge in [-0.05, 0) is 24.6 Å². The molecule has 0 bridgehead atoms. The molecule has 0 unspecified atom stereocenters. The lowest BCUT2D eigenvalue weighted by molar-refractivity contribution is 1.26. The van der Waals surface area contributed by atoms with E-state index in [1.807, 2.05) is 43.3 Å². The van der Waals surface area contributed by atoms with Crippen molar-refractivity contribution in [3.63, 3.8) is 0 Å². The molecule has 0 N–H and O–H groups in total. The zero-order valence-corrected chi connectivity index (χ0v) is 17.1. The molecule has 0 aliphatic rings.